The number of nitrogens with one attached hydrogen (secondary N) is 1. The maximum absolute atomic E-state index is 11.2. The minimum atomic E-state index is 0.101. The third-order valence-electron chi connectivity index (χ3n) is 2.20. The summed E-state index contributed by atoms with van der Waals surface area (Å²) in [6.45, 7) is 1.97. The standard InChI is InChI=1S/C10H12N2O/c1-7-5-6-9-8(11-7)3-2-4-10(13)12-9/h5-6H,2-4H2,1H3,(H,12,13). The molecule has 2 heterocycles. The van der Waals surface area contributed by atoms with Crippen LogP contribution in [0.1, 0.15) is 24.2 Å². The molecule has 1 aliphatic heterocycles. The predicted octanol–water partition coefficient (Wildman–Crippen LogP) is 1.66. The Morgan fingerprint density at radius 1 is 1.38 bits per heavy atom. The highest BCUT2D eigenvalue weighted by Crippen LogP contribution is 2.19. The molecule has 1 N–H and O–H groups in total. The zero-order valence-electron chi connectivity index (χ0n) is 7.63. The summed E-state index contributed by atoms with van der Waals surface area (Å²) in [5.41, 5.74) is 2.91. The number of aromatic nitrogens is 1. The van der Waals surface area contributed by atoms with Gasteiger partial charge < -0.3 is 5.32 Å². The maximum Gasteiger partial charge on any atom is 0.224 e. The molecular weight excluding hydrogens is 164 g/mol. The van der Waals surface area contributed by atoms with Gasteiger partial charge in [-0.3, -0.25) is 9.78 Å². The van der Waals surface area contributed by atoms with E-state index in [0.717, 1.165) is 29.9 Å². The van der Waals surface area contributed by atoms with Crippen molar-refractivity contribution in [2.75, 3.05) is 5.32 Å². The van der Waals surface area contributed by atoms with Crippen molar-refractivity contribution in [2.24, 2.45) is 0 Å². The molecule has 1 aromatic rings. The van der Waals surface area contributed by atoms with Crippen LogP contribution in [0.4, 0.5) is 5.69 Å². The fourth-order valence-corrected chi connectivity index (χ4v) is 1.54. The lowest BCUT2D eigenvalue weighted by Gasteiger charge is -2.05. The molecule has 1 amide bonds. The number of amides is 1. The molecule has 1 aromatic heterocycles. The van der Waals surface area contributed by atoms with Crippen LogP contribution >= 0.6 is 0 Å². The molecule has 3 nitrogen and oxygen atoms in total. The van der Waals surface area contributed by atoms with Gasteiger partial charge in [0, 0.05) is 12.1 Å². The van der Waals surface area contributed by atoms with E-state index >= 15 is 0 Å². The molecular formula is C10H12N2O. The van der Waals surface area contributed by atoms with Crippen molar-refractivity contribution < 1.29 is 4.79 Å². The number of nitrogens with zero attached hydrogens (tertiary/aromatic N) is 1. The molecule has 0 aromatic carbocycles. The minimum absolute atomic E-state index is 0.101. The van der Waals surface area contributed by atoms with Gasteiger partial charge >= 0.3 is 0 Å². The quantitative estimate of drug-likeness (QED) is 0.653. The van der Waals surface area contributed by atoms with Gasteiger partial charge in [-0.25, -0.2) is 0 Å². The van der Waals surface area contributed by atoms with E-state index in [-0.39, 0.29) is 5.91 Å². The Hall–Kier alpha value is -1.38. The lowest BCUT2D eigenvalue weighted by molar-refractivity contribution is -0.116. The molecule has 0 radical (unpaired) electrons. The van der Waals surface area contributed by atoms with E-state index in [9.17, 15) is 4.79 Å². The van der Waals surface area contributed by atoms with Crippen LogP contribution < -0.4 is 5.32 Å². The molecule has 0 spiro atoms. The Kier molecular flexibility index (Phi) is 2.00. The van der Waals surface area contributed by atoms with Gasteiger partial charge in [-0.2, -0.15) is 0 Å². The van der Waals surface area contributed by atoms with Gasteiger partial charge in [0.1, 0.15) is 0 Å². The van der Waals surface area contributed by atoms with Gasteiger partial charge in [-0.1, -0.05) is 0 Å². The second-order valence-corrected chi connectivity index (χ2v) is 3.35. The number of pyridine rings is 1. The summed E-state index contributed by atoms with van der Waals surface area (Å²) in [4.78, 5) is 15.6. The molecule has 0 saturated carbocycles. The average molecular weight is 176 g/mol. The highest BCUT2D eigenvalue weighted by atomic mass is 16.1. The number of aryl methyl sites for hydroxylation is 2. The van der Waals surface area contributed by atoms with Crippen molar-refractivity contribution in [2.45, 2.75) is 26.2 Å². The second-order valence-electron chi connectivity index (χ2n) is 3.35. The van der Waals surface area contributed by atoms with Crippen molar-refractivity contribution in [3.05, 3.63) is 23.5 Å². The molecule has 0 aliphatic carbocycles. The molecule has 0 atom stereocenters. The van der Waals surface area contributed by atoms with Gasteiger partial charge in [0.15, 0.2) is 0 Å². The first kappa shape index (κ1) is 8.23. The van der Waals surface area contributed by atoms with Crippen LogP contribution in [0.25, 0.3) is 0 Å². The molecule has 0 saturated heterocycles. The number of hydrogen-bond donors (Lipinski definition) is 1. The predicted molar refractivity (Wildman–Crippen MR) is 50.5 cm³/mol. The van der Waals surface area contributed by atoms with E-state index in [1.165, 1.54) is 0 Å². The summed E-state index contributed by atoms with van der Waals surface area (Å²) >= 11 is 0. The summed E-state index contributed by atoms with van der Waals surface area (Å²) in [5.74, 6) is 0.101. The van der Waals surface area contributed by atoms with E-state index in [4.69, 9.17) is 0 Å². The molecule has 1 aliphatic rings. The third-order valence-corrected chi connectivity index (χ3v) is 2.20. The van der Waals surface area contributed by atoms with Crippen molar-refractivity contribution in [1.29, 1.82) is 0 Å². The molecule has 0 fully saturated rings. The Morgan fingerprint density at radius 3 is 3.08 bits per heavy atom. The fourth-order valence-electron chi connectivity index (χ4n) is 1.54. The summed E-state index contributed by atoms with van der Waals surface area (Å²) < 4.78 is 0. The van der Waals surface area contributed by atoms with Crippen molar-refractivity contribution >= 4 is 11.6 Å². The van der Waals surface area contributed by atoms with Gasteiger partial charge in [-0.15, -0.1) is 0 Å². The van der Waals surface area contributed by atoms with Gasteiger partial charge in [0.2, 0.25) is 5.91 Å². The van der Waals surface area contributed by atoms with Crippen molar-refractivity contribution in [1.82, 2.24) is 4.98 Å². The number of rotatable bonds is 0. The number of anilines is 1. The van der Waals surface area contributed by atoms with E-state index in [1.54, 1.807) is 0 Å². The van der Waals surface area contributed by atoms with Crippen molar-refractivity contribution in [3.63, 3.8) is 0 Å². The second kappa shape index (κ2) is 3.17. The molecule has 0 bridgehead atoms. The topological polar surface area (TPSA) is 42.0 Å². The molecule has 68 valence electrons. The molecule has 0 unspecified atom stereocenters. The summed E-state index contributed by atoms with van der Waals surface area (Å²) in [6, 6.07) is 3.85. The largest absolute Gasteiger partial charge is 0.324 e. The summed E-state index contributed by atoms with van der Waals surface area (Å²) in [5, 5.41) is 2.85. The Balaban J connectivity index is 2.40. The van der Waals surface area contributed by atoms with E-state index in [2.05, 4.69) is 10.3 Å². The Bertz CT molecular complexity index is 347. The lowest BCUT2D eigenvalue weighted by Crippen LogP contribution is -2.09. The first-order chi connectivity index (χ1) is 6.25. The smallest absolute Gasteiger partial charge is 0.224 e. The molecule has 2 rings (SSSR count). The zero-order chi connectivity index (χ0) is 9.26. The van der Waals surface area contributed by atoms with Crippen LogP contribution in [0.3, 0.4) is 0 Å². The first-order valence-corrected chi connectivity index (χ1v) is 4.52. The van der Waals surface area contributed by atoms with Crippen LogP contribution in [-0.2, 0) is 11.2 Å². The highest BCUT2D eigenvalue weighted by Gasteiger charge is 2.12. The SMILES string of the molecule is Cc1ccc2c(n1)CCCC(=O)N2. The normalized spacial score (nSPS) is 15.9. The van der Waals surface area contributed by atoms with Crippen LogP contribution in [0.15, 0.2) is 12.1 Å². The number of carbonyl (C=O) groups is 1. The van der Waals surface area contributed by atoms with Gasteiger partial charge in [0.25, 0.3) is 0 Å². The highest BCUT2D eigenvalue weighted by molar-refractivity contribution is 5.91. The van der Waals surface area contributed by atoms with E-state index in [0.29, 0.717) is 6.42 Å². The molecule has 13 heavy (non-hydrogen) atoms. The Labute approximate surface area is 77.2 Å². The van der Waals surface area contributed by atoms with Crippen molar-refractivity contribution in [3.8, 4) is 0 Å². The molecule has 3 heteroatoms. The minimum Gasteiger partial charge on any atom is -0.324 e. The summed E-state index contributed by atoms with van der Waals surface area (Å²) in [7, 11) is 0. The number of fused-ring (bicyclic) bond motifs is 1. The van der Waals surface area contributed by atoms with Gasteiger partial charge in [0.05, 0.1) is 11.4 Å². The summed E-state index contributed by atoms with van der Waals surface area (Å²) in [6.07, 6.45) is 2.40. The van der Waals surface area contributed by atoms with E-state index < -0.39 is 0 Å². The average Bonchev–Trinajstić information content (AvgIpc) is 2.25. The van der Waals surface area contributed by atoms with E-state index in [1.807, 2.05) is 19.1 Å². The number of carbonyl (C=O) groups excluding carboxylic acids is 1. The van der Waals surface area contributed by atoms with Crippen LogP contribution in [0.2, 0.25) is 0 Å². The van der Waals surface area contributed by atoms with Crippen LogP contribution in [0, 0.1) is 6.92 Å². The first-order valence-electron chi connectivity index (χ1n) is 4.52. The van der Waals surface area contributed by atoms with Gasteiger partial charge in [-0.05, 0) is 31.9 Å². The van der Waals surface area contributed by atoms with Crippen LogP contribution in [-0.4, -0.2) is 10.9 Å². The zero-order valence-corrected chi connectivity index (χ0v) is 7.63. The third kappa shape index (κ3) is 1.69. The lowest BCUT2D eigenvalue weighted by atomic mass is 10.2. The maximum atomic E-state index is 11.2. The number of hydrogen-bond acceptors (Lipinski definition) is 2. The Morgan fingerprint density at radius 2 is 2.23 bits per heavy atom. The monoisotopic (exact) mass is 176 g/mol. The van der Waals surface area contributed by atoms with Crippen LogP contribution in [0.5, 0.6) is 0 Å². The fraction of sp³-hybridized carbons (Fsp3) is 0.400.